The summed E-state index contributed by atoms with van der Waals surface area (Å²) in [5.74, 6) is 1.70. The van der Waals surface area contributed by atoms with E-state index >= 15 is 0 Å². The minimum absolute atomic E-state index is 0.219. The second-order valence-electron chi connectivity index (χ2n) is 4.61. The molecular formula is C17H20O3. The monoisotopic (exact) mass is 272 g/mol. The second kappa shape index (κ2) is 7.56. The lowest BCUT2D eigenvalue weighted by atomic mass is 10.1. The number of aliphatic hydroxyl groups is 1. The summed E-state index contributed by atoms with van der Waals surface area (Å²) in [6.45, 7) is 0.754. The Morgan fingerprint density at radius 2 is 1.75 bits per heavy atom. The summed E-state index contributed by atoms with van der Waals surface area (Å²) in [6, 6.07) is 15.9. The molecule has 0 aliphatic rings. The Hall–Kier alpha value is -2.00. The van der Waals surface area contributed by atoms with Gasteiger partial charge in [-0.3, -0.25) is 0 Å². The minimum Gasteiger partial charge on any atom is -0.497 e. The zero-order valence-corrected chi connectivity index (χ0v) is 11.7. The van der Waals surface area contributed by atoms with E-state index in [0.717, 1.165) is 29.9 Å². The highest BCUT2D eigenvalue weighted by molar-refractivity contribution is 5.30. The van der Waals surface area contributed by atoms with Crippen molar-refractivity contribution in [3.8, 4) is 11.5 Å². The van der Waals surface area contributed by atoms with E-state index in [9.17, 15) is 0 Å². The molecule has 0 saturated carbocycles. The molecule has 0 aromatic heterocycles. The van der Waals surface area contributed by atoms with Crippen molar-refractivity contribution >= 4 is 0 Å². The zero-order valence-electron chi connectivity index (χ0n) is 11.7. The molecule has 0 radical (unpaired) electrons. The number of hydrogen-bond acceptors (Lipinski definition) is 3. The van der Waals surface area contributed by atoms with E-state index in [0.29, 0.717) is 6.61 Å². The first-order valence-corrected chi connectivity index (χ1v) is 6.77. The lowest BCUT2D eigenvalue weighted by molar-refractivity contribution is 0.288. The maximum Gasteiger partial charge on any atom is 0.120 e. The molecule has 106 valence electrons. The fraction of sp³-hybridized carbons (Fsp3) is 0.294. The lowest BCUT2D eigenvalue weighted by Gasteiger charge is -2.08. The van der Waals surface area contributed by atoms with E-state index in [1.54, 1.807) is 7.11 Å². The van der Waals surface area contributed by atoms with Crippen LogP contribution >= 0.6 is 0 Å². The summed E-state index contributed by atoms with van der Waals surface area (Å²) in [4.78, 5) is 0. The van der Waals surface area contributed by atoms with Crippen molar-refractivity contribution in [2.24, 2.45) is 0 Å². The maximum atomic E-state index is 8.85. The predicted molar refractivity (Wildman–Crippen MR) is 79.2 cm³/mol. The molecular weight excluding hydrogens is 252 g/mol. The average Bonchev–Trinajstić information content (AvgIpc) is 2.52. The number of hydrogen-bond donors (Lipinski definition) is 1. The number of methoxy groups -OCH3 is 1. The van der Waals surface area contributed by atoms with E-state index in [2.05, 4.69) is 6.07 Å². The van der Waals surface area contributed by atoms with Gasteiger partial charge in [-0.25, -0.2) is 0 Å². The Balaban J connectivity index is 1.92. The highest BCUT2D eigenvalue weighted by Gasteiger charge is 1.99. The lowest BCUT2D eigenvalue weighted by Crippen LogP contribution is -1.96. The van der Waals surface area contributed by atoms with E-state index < -0.39 is 0 Å². The smallest absolute Gasteiger partial charge is 0.120 e. The SMILES string of the molecule is COc1ccc(COc2cccc(CCCO)c2)cc1. The highest BCUT2D eigenvalue weighted by Crippen LogP contribution is 2.17. The van der Waals surface area contributed by atoms with Crippen LogP contribution in [0.1, 0.15) is 17.5 Å². The molecule has 0 fully saturated rings. The molecule has 0 saturated heterocycles. The fourth-order valence-electron chi connectivity index (χ4n) is 1.96. The van der Waals surface area contributed by atoms with Crippen LogP contribution in [0.4, 0.5) is 0 Å². The largest absolute Gasteiger partial charge is 0.497 e. The molecule has 3 heteroatoms. The molecule has 0 bridgehead atoms. The van der Waals surface area contributed by atoms with E-state index in [4.69, 9.17) is 14.6 Å². The number of benzene rings is 2. The normalized spacial score (nSPS) is 10.3. The molecule has 0 aliphatic heterocycles. The molecule has 1 N–H and O–H groups in total. The summed E-state index contributed by atoms with van der Waals surface area (Å²) < 4.78 is 10.9. The van der Waals surface area contributed by atoms with Crippen LogP contribution in [0.5, 0.6) is 11.5 Å². The highest BCUT2D eigenvalue weighted by atomic mass is 16.5. The molecule has 2 aromatic carbocycles. The molecule has 2 aromatic rings. The Morgan fingerprint density at radius 1 is 0.950 bits per heavy atom. The van der Waals surface area contributed by atoms with Crippen LogP contribution in [-0.4, -0.2) is 18.8 Å². The summed E-state index contributed by atoms with van der Waals surface area (Å²) >= 11 is 0. The number of ether oxygens (including phenoxy) is 2. The second-order valence-corrected chi connectivity index (χ2v) is 4.61. The van der Waals surface area contributed by atoms with Gasteiger partial charge in [0.15, 0.2) is 0 Å². The Morgan fingerprint density at radius 3 is 2.45 bits per heavy atom. The first-order chi connectivity index (χ1) is 9.81. The van der Waals surface area contributed by atoms with Crippen LogP contribution < -0.4 is 9.47 Å². The molecule has 3 nitrogen and oxygen atoms in total. The van der Waals surface area contributed by atoms with Gasteiger partial charge >= 0.3 is 0 Å². The third-order valence-electron chi connectivity index (χ3n) is 3.09. The summed E-state index contributed by atoms with van der Waals surface area (Å²) in [6.07, 6.45) is 1.65. The molecule has 2 rings (SSSR count). The van der Waals surface area contributed by atoms with Gasteiger partial charge in [0.05, 0.1) is 7.11 Å². The van der Waals surface area contributed by atoms with Gasteiger partial charge < -0.3 is 14.6 Å². The van der Waals surface area contributed by atoms with Crippen molar-refractivity contribution in [1.29, 1.82) is 0 Å². The Kier molecular flexibility index (Phi) is 5.44. The van der Waals surface area contributed by atoms with E-state index in [1.165, 1.54) is 5.56 Å². The van der Waals surface area contributed by atoms with Crippen LogP contribution in [0.25, 0.3) is 0 Å². The number of aliphatic hydroxyl groups excluding tert-OH is 1. The van der Waals surface area contributed by atoms with Crippen molar-refractivity contribution in [2.75, 3.05) is 13.7 Å². The van der Waals surface area contributed by atoms with Gasteiger partial charge in [0.2, 0.25) is 0 Å². The van der Waals surface area contributed by atoms with Crippen molar-refractivity contribution in [2.45, 2.75) is 19.4 Å². The topological polar surface area (TPSA) is 38.7 Å². The van der Waals surface area contributed by atoms with Gasteiger partial charge in [0.25, 0.3) is 0 Å². The fourth-order valence-corrected chi connectivity index (χ4v) is 1.96. The maximum absolute atomic E-state index is 8.85. The summed E-state index contributed by atoms with van der Waals surface area (Å²) in [5.41, 5.74) is 2.29. The average molecular weight is 272 g/mol. The molecule has 20 heavy (non-hydrogen) atoms. The van der Waals surface area contributed by atoms with Gasteiger partial charge in [0, 0.05) is 6.61 Å². The molecule has 0 unspecified atom stereocenters. The standard InChI is InChI=1S/C17H20O3/c1-19-16-9-7-15(8-10-16)13-20-17-6-2-4-14(12-17)5-3-11-18/h2,4,6-10,12,18H,3,5,11,13H2,1H3. The van der Waals surface area contributed by atoms with Gasteiger partial charge in [-0.15, -0.1) is 0 Å². The van der Waals surface area contributed by atoms with Gasteiger partial charge in [0.1, 0.15) is 18.1 Å². The van der Waals surface area contributed by atoms with Crippen LogP contribution in [0.3, 0.4) is 0 Å². The van der Waals surface area contributed by atoms with Crippen LogP contribution in [0.2, 0.25) is 0 Å². The van der Waals surface area contributed by atoms with Crippen LogP contribution in [-0.2, 0) is 13.0 Å². The third-order valence-corrected chi connectivity index (χ3v) is 3.09. The zero-order chi connectivity index (χ0) is 14.2. The first-order valence-electron chi connectivity index (χ1n) is 6.77. The Bertz CT molecular complexity index is 520. The van der Waals surface area contributed by atoms with Crippen LogP contribution in [0.15, 0.2) is 48.5 Å². The summed E-state index contributed by atoms with van der Waals surface area (Å²) in [7, 11) is 1.66. The number of aryl methyl sites for hydroxylation is 1. The molecule has 0 spiro atoms. The Labute approximate surface area is 119 Å². The number of rotatable bonds is 7. The minimum atomic E-state index is 0.219. The molecule has 0 atom stereocenters. The van der Waals surface area contributed by atoms with Crippen molar-refractivity contribution in [3.05, 3.63) is 59.7 Å². The quantitative estimate of drug-likeness (QED) is 0.841. The van der Waals surface area contributed by atoms with Gasteiger partial charge in [-0.2, -0.15) is 0 Å². The van der Waals surface area contributed by atoms with Gasteiger partial charge in [-0.1, -0.05) is 24.3 Å². The predicted octanol–water partition coefficient (Wildman–Crippen LogP) is 3.20. The van der Waals surface area contributed by atoms with E-state index in [1.807, 2.05) is 42.5 Å². The van der Waals surface area contributed by atoms with Gasteiger partial charge in [-0.05, 0) is 48.2 Å². The molecule has 0 amide bonds. The molecule has 0 aliphatic carbocycles. The van der Waals surface area contributed by atoms with Crippen molar-refractivity contribution in [3.63, 3.8) is 0 Å². The third kappa shape index (κ3) is 4.28. The summed E-state index contributed by atoms with van der Waals surface area (Å²) in [5, 5.41) is 8.85. The van der Waals surface area contributed by atoms with E-state index in [-0.39, 0.29) is 6.61 Å². The van der Waals surface area contributed by atoms with Crippen molar-refractivity contribution < 1.29 is 14.6 Å². The molecule has 0 heterocycles. The van der Waals surface area contributed by atoms with Crippen molar-refractivity contribution in [1.82, 2.24) is 0 Å². The van der Waals surface area contributed by atoms with Crippen LogP contribution in [0, 0.1) is 0 Å². The first kappa shape index (κ1) is 14.4.